The molecular weight excluding hydrogens is 489 g/mol. The molecule has 186 valence electrons. The smallest absolute Gasteiger partial charge is 0.335 e. The fraction of sp³-hybridized carbons (Fsp3) is 0.308. The molecule has 1 aliphatic heterocycles. The van der Waals surface area contributed by atoms with E-state index in [0.29, 0.717) is 22.9 Å². The number of likely N-dealkylation sites (tertiary alicyclic amines) is 1. The Morgan fingerprint density at radius 3 is 2.67 bits per heavy atom. The fourth-order valence-corrected chi connectivity index (χ4v) is 5.30. The highest BCUT2D eigenvalue weighted by Gasteiger charge is 2.55. The third-order valence-corrected chi connectivity index (χ3v) is 7.28. The molecule has 0 bridgehead atoms. The van der Waals surface area contributed by atoms with Gasteiger partial charge < -0.3 is 19.9 Å². The van der Waals surface area contributed by atoms with Crippen molar-refractivity contribution in [2.75, 3.05) is 0 Å². The third-order valence-electron chi connectivity index (χ3n) is 6.99. The summed E-state index contributed by atoms with van der Waals surface area (Å²) >= 11 is 5.82. The van der Waals surface area contributed by atoms with Gasteiger partial charge in [-0.3, -0.25) is 14.4 Å². The predicted octanol–water partition coefficient (Wildman–Crippen LogP) is 3.64. The lowest BCUT2D eigenvalue weighted by molar-refractivity contribution is -0.140. The van der Waals surface area contributed by atoms with Crippen LogP contribution in [0.3, 0.4) is 0 Å². The summed E-state index contributed by atoms with van der Waals surface area (Å²) in [5.74, 6) is -2.33. The minimum absolute atomic E-state index is 0.0242. The zero-order valence-electron chi connectivity index (χ0n) is 19.3. The van der Waals surface area contributed by atoms with Crippen molar-refractivity contribution < 1.29 is 28.7 Å². The van der Waals surface area contributed by atoms with Crippen molar-refractivity contribution in [3.63, 3.8) is 0 Å². The molecule has 1 saturated heterocycles. The normalized spacial score (nSPS) is 20.3. The quantitative estimate of drug-likeness (QED) is 0.471. The first-order valence-corrected chi connectivity index (χ1v) is 11.9. The average molecular weight is 512 g/mol. The average Bonchev–Trinajstić information content (AvgIpc) is 3.35. The lowest BCUT2D eigenvalue weighted by atomic mass is 10.1. The molecule has 0 radical (unpaired) electrons. The van der Waals surface area contributed by atoms with E-state index in [2.05, 4.69) is 5.32 Å². The van der Waals surface area contributed by atoms with Crippen LogP contribution in [0, 0.1) is 11.7 Å². The van der Waals surface area contributed by atoms with Gasteiger partial charge in [-0.1, -0.05) is 23.7 Å². The van der Waals surface area contributed by atoms with Crippen LogP contribution in [0.5, 0.6) is 0 Å². The van der Waals surface area contributed by atoms with Gasteiger partial charge >= 0.3 is 5.97 Å². The van der Waals surface area contributed by atoms with Crippen molar-refractivity contribution in [1.29, 1.82) is 0 Å². The molecule has 5 rings (SSSR count). The second-order valence-corrected chi connectivity index (χ2v) is 9.72. The predicted molar refractivity (Wildman–Crippen MR) is 129 cm³/mol. The molecule has 2 heterocycles. The number of nitrogens with one attached hydrogen (secondary N) is 1. The number of Topliss-reactive ketones (excluding diaryl/α,β-unsaturated/α-hetero) is 1. The first-order valence-electron chi connectivity index (χ1n) is 11.5. The summed E-state index contributed by atoms with van der Waals surface area (Å²) < 4.78 is 15.8. The van der Waals surface area contributed by atoms with Crippen molar-refractivity contribution in [3.8, 4) is 0 Å². The number of carboxylic acid groups (broad SMARTS) is 1. The Balaban J connectivity index is 1.35. The van der Waals surface area contributed by atoms with Gasteiger partial charge in [-0.05, 0) is 49.9 Å². The molecule has 2 aromatic carbocycles. The van der Waals surface area contributed by atoms with E-state index in [0.717, 1.165) is 6.42 Å². The molecule has 3 aromatic rings. The number of halogens is 2. The number of aromatic carboxylic acids is 1. The highest BCUT2D eigenvalue weighted by atomic mass is 35.5. The molecule has 2 amide bonds. The van der Waals surface area contributed by atoms with E-state index >= 15 is 0 Å². The van der Waals surface area contributed by atoms with Gasteiger partial charge in [0.1, 0.15) is 18.4 Å². The molecule has 3 atom stereocenters. The summed E-state index contributed by atoms with van der Waals surface area (Å²) in [6, 6.07) is 8.30. The van der Waals surface area contributed by atoms with Gasteiger partial charge in [-0.25, -0.2) is 9.18 Å². The van der Waals surface area contributed by atoms with E-state index in [1.807, 2.05) is 0 Å². The minimum Gasteiger partial charge on any atom is -0.478 e. The van der Waals surface area contributed by atoms with Crippen molar-refractivity contribution in [3.05, 3.63) is 70.1 Å². The highest BCUT2D eigenvalue weighted by Crippen LogP contribution is 2.48. The number of hydrogen-bond acceptors (Lipinski definition) is 4. The SMILES string of the molecule is CC(=O)c1cn(CC(=O)N2C3C[C@@H]3C[C@H]2C(=O)NCc2cccc(Cl)c2F)c2ccc(C(=O)O)cc12. The summed E-state index contributed by atoms with van der Waals surface area (Å²) in [4.78, 5) is 51.6. The van der Waals surface area contributed by atoms with Gasteiger partial charge in [0.15, 0.2) is 5.78 Å². The summed E-state index contributed by atoms with van der Waals surface area (Å²) in [5.41, 5.74) is 1.18. The molecule has 1 aromatic heterocycles. The number of carboxylic acids is 1. The fourth-order valence-electron chi connectivity index (χ4n) is 5.10. The number of carbonyl (C=O) groups excluding carboxylic acids is 3. The number of hydrogen-bond donors (Lipinski definition) is 2. The lowest BCUT2D eigenvalue weighted by Crippen LogP contribution is -2.48. The maximum atomic E-state index is 14.2. The van der Waals surface area contributed by atoms with Gasteiger partial charge in [-0.15, -0.1) is 0 Å². The Hall–Kier alpha value is -3.72. The van der Waals surface area contributed by atoms with E-state index in [4.69, 9.17) is 11.6 Å². The van der Waals surface area contributed by atoms with Crippen LogP contribution in [-0.2, 0) is 22.7 Å². The number of fused-ring (bicyclic) bond motifs is 2. The lowest BCUT2D eigenvalue weighted by Gasteiger charge is -2.27. The van der Waals surface area contributed by atoms with E-state index in [9.17, 15) is 28.7 Å². The Morgan fingerprint density at radius 2 is 1.94 bits per heavy atom. The standard InChI is InChI=1S/C26H23ClFN3O5/c1-13(32)18-11-30(20-6-5-14(26(35)36)7-17(18)20)12-23(33)31-21-8-16(21)9-22(31)25(34)29-10-15-3-2-4-19(27)24(15)28/h2-7,11,16,21-22H,8-10,12H2,1H3,(H,29,34)(H,35,36)/t16-,21?,22+/m1/s1. The van der Waals surface area contributed by atoms with Crippen molar-refractivity contribution >= 4 is 46.1 Å². The van der Waals surface area contributed by atoms with Crippen LogP contribution in [0.2, 0.25) is 5.02 Å². The number of ketones is 1. The molecule has 1 unspecified atom stereocenters. The van der Waals surface area contributed by atoms with Gasteiger partial charge in [0.25, 0.3) is 0 Å². The zero-order chi connectivity index (χ0) is 25.7. The largest absolute Gasteiger partial charge is 0.478 e. The number of aromatic nitrogens is 1. The van der Waals surface area contributed by atoms with E-state index in [1.165, 1.54) is 31.2 Å². The Bertz CT molecular complexity index is 1430. The van der Waals surface area contributed by atoms with Crippen LogP contribution in [0.1, 0.15) is 46.0 Å². The van der Waals surface area contributed by atoms with Gasteiger partial charge in [0.2, 0.25) is 11.8 Å². The van der Waals surface area contributed by atoms with Crippen LogP contribution >= 0.6 is 11.6 Å². The minimum atomic E-state index is -1.11. The Labute approximate surface area is 210 Å². The second-order valence-electron chi connectivity index (χ2n) is 9.31. The van der Waals surface area contributed by atoms with Gasteiger partial charge in [0, 0.05) is 40.8 Å². The van der Waals surface area contributed by atoms with Gasteiger partial charge in [-0.2, -0.15) is 0 Å². The molecule has 36 heavy (non-hydrogen) atoms. The number of benzene rings is 2. The zero-order valence-corrected chi connectivity index (χ0v) is 20.1. The molecule has 2 aliphatic rings. The Kier molecular flexibility index (Phi) is 6.04. The molecule has 1 aliphatic carbocycles. The van der Waals surface area contributed by atoms with Crippen LogP contribution in [0.25, 0.3) is 10.9 Å². The molecule has 8 nitrogen and oxygen atoms in total. The molecule has 1 saturated carbocycles. The Morgan fingerprint density at radius 1 is 1.17 bits per heavy atom. The van der Waals surface area contributed by atoms with Crippen LogP contribution in [0.4, 0.5) is 4.39 Å². The summed E-state index contributed by atoms with van der Waals surface area (Å²) in [5, 5.41) is 12.5. The van der Waals surface area contributed by atoms with E-state index < -0.39 is 17.8 Å². The van der Waals surface area contributed by atoms with Crippen molar-refractivity contribution in [2.45, 2.75) is 44.9 Å². The maximum Gasteiger partial charge on any atom is 0.335 e. The van der Waals surface area contributed by atoms with E-state index in [1.54, 1.807) is 27.8 Å². The van der Waals surface area contributed by atoms with Crippen molar-refractivity contribution in [1.82, 2.24) is 14.8 Å². The number of carbonyl (C=O) groups is 4. The molecule has 2 N–H and O–H groups in total. The number of rotatable bonds is 7. The molecular formula is C26H23ClFN3O5. The number of amides is 2. The molecule has 2 fully saturated rings. The number of piperidine rings is 1. The first kappa shape index (κ1) is 24.0. The van der Waals surface area contributed by atoms with Gasteiger partial charge in [0.05, 0.1) is 10.6 Å². The highest BCUT2D eigenvalue weighted by molar-refractivity contribution is 6.30. The van der Waals surface area contributed by atoms with Crippen LogP contribution < -0.4 is 5.32 Å². The van der Waals surface area contributed by atoms with E-state index in [-0.39, 0.29) is 58.8 Å². The summed E-state index contributed by atoms with van der Waals surface area (Å²) in [6.07, 6.45) is 2.91. The third kappa shape index (κ3) is 4.24. The first-order chi connectivity index (χ1) is 17.2. The maximum absolute atomic E-state index is 14.2. The molecule has 10 heteroatoms. The number of nitrogens with zero attached hydrogens (tertiary/aromatic N) is 2. The van der Waals surface area contributed by atoms with Crippen LogP contribution in [-0.4, -0.2) is 50.2 Å². The van der Waals surface area contributed by atoms with Crippen molar-refractivity contribution in [2.24, 2.45) is 5.92 Å². The summed E-state index contributed by atoms with van der Waals surface area (Å²) in [7, 11) is 0. The summed E-state index contributed by atoms with van der Waals surface area (Å²) in [6.45, 7) is 1.23. The second kappa shape index (κ2) is 9.05. The monoisotopic (exact) mass is 511 g/mol. The topological polar surface area (TPSA) is 109 Å². The molecule has 0 spiro atoms. The van der Waals surface area contributed by atoms with Crippen LogP contribution in [0.15, 0.2) is 42.6 Å².